The third-order valence-corrected chi connectivity index (χ3v) is 4.89. The van der Waals surface area contributed by atoms with Crippen molar-refractivity contribution >= 4 is 17.2 Å². The van der Waals surface area contributed by atoms with Gasteiger partial charge in [0.2, 0.25) is 0 Å². The molecular weight excluding hydrogens is 390 g/mol. The smallest absolute Gasteiger partial charge is 0.344 e. The molecule has 6 nitrogen and oxygen atoms in total. The van der Waals surface area contributed by atoms with Gasteiger partial charge in [0, 0.05) is 17.8 Å². The van der Waals surface area contributed by atoms with Crippen LogP contribution >= 0.6 is 11.6 Å². The number of ether oxygens (including phenoxy) is 1. The Morgan fingerprint density at radius 3 is 2.48 bits per heavy atom. The highest BCUT2D eigenvalue weighted by Crippen LogP contribution is 2.22. The molecule has 0 saturated heterocycles. The largest absolute Gasteiger partial charge is 0.842 e. The van der Waals surface area contributed by atoms with Crippen molar-refractivity contribution < 1.29 is 14.4 Å². The van der Waals surface area contributed by atoms with Gasteiger partial charge in [-0.3, -0.25) is 0 Å². The molecule has 146 valence electrons. The first-order valence-electron chi connectivity index (χ1n) is 9.03. The van der Waals surface area contributed by atoms with Crippen LogP contribution in [0.5, 0.6) is 17.4 Å². The second kappa shape index (κ2) is 7.56. The van der Waals surface area contributed by atoms with E-state index in [9.17, 15) is 9.90 Å². The number of halogens is 1. The molecule has 4 aromatic rings. The Morgan fingerprint density at radius 2 is 1.79 bits per heavy atom. The molecule has 4 rings (SSSR count). The van der Waals surface area contributed by atoms with Crippen LogP contribution in [-0.2, 0) is 6.54 Å². The van der Waals surface area contributed by atoms with Crippen molar-refractivity contribution in [2.45, 2.75) is 20.4 Å². The normalized spacial score (nSPS) is 11.0. The number of aromatic nitrogens is 3. The fraction of sp³-hybridized carbons (Fsp3) is 0.136. The second-order valence-corrected chi connectivity index (χ2v) is 7.21. The first-order chi connectivity index (χ1) is 13.9. The number of benzene rings is 1. The van der Waals surface area contributed by atoms with Crippen LogP contribution in [0.25, 0.3) is 5.65 Å². The van der Waals surface area contributed by atoms with Gasteiger partial charge in [-0.25, -0.2) is 14.3 Å². The van der Waals surface area contributed by atoms with Crippen molar-refractivity contribution in [1.29, 1.82) is 0 Å². The molecule has 0 aliphatic rings. The molecule has 3 aromatic heterocycles. The van der Waals surface area contributed by atoms with Gasteiger partial charge in [0.05, 0.1) is 11.4 Å². The van der Waals surface area contributed by atoms with E-state index >= 15 is 0 Å². The minimum Gasteiger partial charge on any atom is -0.842 e. The Labute approximate surface area is 172 Å². The number of hydrogen-bond acceptors (Lipinski definition) is 4. The van der Waals surface area contributed by atoms with E-state index in [0.29, 0.717) is 22.3 Å². The molecule has 0 N–H and O–H groups in total. The lowest BCUT2D eigenvalue weighted by Crippen LogP contribution is -2.44. The van der Waals surface area contributed by atoms with Crippen LogP contribution in [0.1, 0.15) is 16.7 Å². The maximum atomic E-state index is 12.8. The molecule has 0 bridgehead atoms. The van der Waals surface area contributed by atoms with E-state index in [-0.39, 0.29) is 23.5 Å². The van der Waals surface area contributed by atoms with Crippen molar-refractivity contribution in [1.82, 2.24) is 9.38 Å². The fourth-order valence-electron chi connectivity index (χ4n) is 3.07. The number of aryl methyl sites for hydroxylation is 1. The lowest BCUT2D eigenvalue weighted by atomic mass is 10.2. The van der Waals surface area contributed by atoms with Crippen LogP contribution in [0.15, 0.2) is 65.7 Å². The summed E-state index contributed by atoms with van der Waals surface area (Å²) in [4.78, 5) is 16.8. The van der Waals surface area contributed by atoms with Gasteiger partial charge in [0.1, 0.15) is 23.6 Å². The standard InChI is InChI=1S/C22H18ClN3O3/c1-14-3-6-17(7-4-14)29-18-8-10-20-25(12-16-5-9-19(23)24-11-16)21(27)15(2)22(28)26(20)13-18/h3-11,13H,12H2,1-2H3. The predicted octanol–water partition coefficient (Wildman–Crippen LogP) is 3.17. The lowest BCUT2D eigenvalue weighted by Gasteiger charge is -2.15. The summed E-state index contributed by atoms with van der Waals surface area (Å²) in [6.07, 6.45) is 3.21. The monoisotopic (exact) mass is 407 g/mol. The number of nitrogens with zero attached hydrogens (tertiary/aromatic N) is 3. The molecular formula is C22H18ClN3O3. The number of fused-ring (bicyclic) bond motifs is 1. The highest BCUT2D eigenvalue weighted by molar-refractivity contribution is 6.29. The first kappa shape index (κ1) is 19.0. The van der Waals surface area contributed by atoms with E-state index in [1.165, 1.54) is 15.9 Å². The Bertz CT molecular complexity index is 1250. The van der Waals surface area contributed by atoms with Gasteiger partial charge < -0.3 is 9.84 Å². The SMILES string of the molecule is Cc1ccc(Oc2ccc3n(c2)c(=O)c(C)c([O-])[n+]3Cc2ccc(Cl)nc2)cc1. The molecule has 0 aliphatic carbocycles. The van der Waals surface area contributed by atoms with Gasteiger partial charge >= 0.3 is 5.56 Å². The zero-order chi connectivity index (χ0) is 20.5. The van der Waals surface area contributed by atoms with Crippen LogP contribution < -0.4 is 20.0 Å². The fourth-order valence-corrected chi connectivity index (χ4v) is 3.18. The Hall–Kier alpha value is -3.38. The molecule has 29 heavy (non-hydrogen) atoms. The van der Waals surface area contributed by atoms with E-state index in [1.54, 1.807) is 36.7 Å². The van der Waals surface area contributed by atoms with Crippen molar-refractivity contribution in [3.63, 3.8) is 0 Å². The van der Waals surface area contributed by atoms with Gasteiger partial charge in [0.25, 0.3) is 5.65 Å². The van der Waals surface area contributed by atoms with Gasteiger partial charge in [-0.2, -0.15) is 4.40 Å². The molecule has 0 saturated carbocycles. The topological polar surface area (TPSA) is 70.5 Å². The van der Waals surface area contributed by atoms with E-state index in [0.717, 1.165) is 11.1 Å². The average molecular weight is 408 g/mol. The third-order valence-electron chi connectivity index (χ3n) is 4.67. The summed E-state index contributed by atoms with van der Waals surface area (Å²) in [5, 5.41) is 13.1. The molecule has 0 unspecified atom stereocenters. The van der Waals surface area contributed by atoms with Crippen LogP contribution in [0.2, 0.25) is 5.15 Å². The maximum Gasteiger partial charge on any atom is 0.344 e. The third kappa shape index (κ3) is 3.79. The molecule has 0 atom stereocenters. The highest BCUT2D eigenvalue weighted by atomic mass is 35.5. The van der Waals surface area contributed by atoms with Crippen LogP contribution in [-0.4, -0.2) is 9.38 Å². The summed E-state index contributed by atoms with van der Waals surface area (Å²) in [7, 11) is 0. The van der Waals surface area contributed by atoms with Crippen molar-refractivity contribution in [3.05, 3.63) is 93.1 Å². The maximum absolute atomic E-state index is 12.8. The van der Waals surface area contributed by atoms with Crippen LogP contribution in [0.3, 0.4) is 0 Å². The summed E-state index contributed by atoms with van der Waals surface area (Å²) in [6, 6.07) is 14.5. The number of pyridine rings is 2. The number of hydrogen-bond donors (Lipinski definition) is 0. The van der Waals surface area contributed by atoms with Gasteiger partial charge in [0.15, 0.2) is 5.75 Å². The van der Waals surface area contributed by atoms with E-state index in [1.807, 2.05) is 31.2 Å². The molecule has 0 amide bonds. The van der Waals surface area contributed by atoms with E-state index in [4.69, 9.17) is 16.3 Å². The average Bonchev–Trinajstić information content (AvgIpc) is 2.73. The number of rotatable bonds is 4. The molecule has 0 fully saturated rings. The van der Waals surface area contributed by atoms with Gasteiger partial charge in [-0.1, -0.05) is 35.4 Å². The summed E-state index contributed by atoms with van der Waals surface area (Å²) in [5.41, 5.74) is 2.17. The Morgan fingerprint density at radius 1 is 1.07 bits per heavy atom. The first-order valence-corrected chi connectivity index (χ1v) is 9.41. The van der Waals surface area contributed by atoms with Crippen LogP contribution in [0, 0.1) is 13.8 Å². The molecule has 3 heterocycles. The molecule has 0 spiro atoms. The minimum absolute atomic E-state index is 0.136. The van der Waals surface area contributed by atoms with E-state index < -0.39 is 0 Å². The predicted molar refractivity (Wildman–Crippen MR) is 108 cm³/mol. The Kier molecular flexibility index (Phi) is 4.94. The highest BCUT2D eigenvalue weighted by Gasteiger charge is 2.18. The van der Waals surface area contributed by atoms with E-state index in [2.05, 4.69) is 4.98 Å². The van der Waals surface area contributed by atoms with Crippen LogP contribution in [0.4, 0.5) is 0 Å². The summed E-state index contributed by atoms with van der Waals surface area (Å²) < 4.78 is 8.84. The van der Waals surface area contributed by atoms with Crippen molar-refractivity contribution in [2.24, 2.45) is 0 Å². The van der Waals surface area contributed by atoms with Gasteiger partial charge in [-0.15, -0.1) is 0 Å². The molecule has 1 aromatic carbocycles. The molecule has 0 radical (unpaired) electrons. The zero-order valence-electron chi connectivity index (χ0n) is 15.9. The summed E-state index contributed by atoms with van der Waals surface area (Å²) in [5.74, 6) is 0.832. The zero-order valence-corrected chi connectivity index (χ0v) is 16.7. The minimum atomic E-state index is -0.371. The summed E-state index contributed by atoms with van der Waals surface area (Å²) in [6.45, 7) is 3.80. The van der Waals surface area contributed by atoms with Gasteiger partial charge in [-0.05, 0) is 38.1 Å². The summed E-state index contributed by atoms with van der Waals surface area (Å²) >= 11 is 5.84. The molecule has 7 heteroatoms. The Balaban J connectivity index is 1.79. The lowest BCUT2D eigenvalue weighted by molar-refractivity contribution is -0.709. The van der Waals surface area contributed by atoms with Crippen molar-refractivity contribution in [3.8, 4) is 17.4 Å². The second-order valence-electron chi connectivity index (χ2n) is 6.82. The molecule has 0 aliphatic heterocycles. The quantitative estimate of drug-likeness (QED) is 0.385. The van der Waals surface area contributed by atoms with Crippen molar-refractivity contribution in [2.75, 3.05) is 0 Å².